The molecule has 0 aliphatic heterocycles. The van der Waals surface area contributed by atoms with Crippen LogP contribution in [-0.2, 0) is 0 Å². The van der Waals surface area contributed by atoms with Gasteiger partial charge in [0.1, 0.15) is 5.15 Å². The first-order chi connectivity index (χ1) is 10.2. The number of aromatic nitrogens is 1. The Hall–Kier alpha value is -1.61. The molecule has 21 heavy (non-hydrogen) atoms. The Morgan fingerprint density at radius 2 is 1.95 bits per heavy atom. The zero-order chi connectivity index (χ0) is 14.8. The highest BCUT2D eigenvalue weighted by Crippen LogP contribution is 2.26. The molecule has 3 nitrogen and oxygen atoms in total. The average molecular weight is 303 g/mol. The molecule has 1 aromatic carbocycles. The fraction of sp³-hybridized carbons (Fsp3) is 0.412. The van der Waals surface area contributed by atoms with E-state index in [2.05, 4.69) is 10.3 Å². The summed E-state index contributed by atoms with van der Waals surface area (Å²) >= 11 is 6.19. The van der Waals surface area contributed by atoms with Gasteiger partial charge in [0, 0.05) is 11.4 Å². The molecule has 1 aliphatic rings. The normalized spacial score (nSPS) is 16.1. The largest absolute Gasteiger partial charge is 0.349 e. The number of benzene rings is 1. The fourth-order valence-corrected chi connectivity index (χ4v) is 3.26. The summed E-state index contributed by atoms with van der Waals surface area (Å²) in [6.45, 7) is 1.86. The lowest BCUT2D eigenvalue weighted by Crippen LogP contribution is -2.36. The fourth-order valence-electron chi connectivity index (χ4n) is 3.07. The lowest BCUT2D eigenvalue weighted by Gasteiger charge is -2.23. The van der Waals surface area contributed by atoms with Crippen molar-refractivity contribution in [3.8, 4) is 0 Å². The Balaban J connectivity index is 1.98. The number of nitrogens with zero attached hydrogens (tertiary/aromatic N) is 1. The van der Waals surface area contributed by atoms with E-state index in [-0.39, 0.29) is 11.9 Å². The van der Waals surface area contributed by atoms with Gasteiger partial charge in [0.25, 0.3) is 5.91 Å². The number of rotatable bonds is 2. The van der Waals surface area contributed by atoms with E-state index in [1.807, 2.05) is 31.2 Å². The van der Waals surface area contributed by atoms with Gasteiger partial charge < -0.3 is 5.32 Å². The second kappa shape index (κ2) is 6.02. The van der Waals surface area contributed by atoms with Crippen LogP contribution in [0.4, 0.5) is 0 Å². The zero-order valence-electron chi connectivity index (χ0n) is 12.2. The van der Waals surface area contributed by atoms with Crippen molar-refractivity contribution in [3.63, 3.8) is 0 Å². The van der Waals surface area contributed by atoms with E-state index in [0.29, 0.717) is 10.7 Å². The predicted molar refractivity (Wildman–Crippen MR) is 85.8 cm³/mol. The summed E-state index contributed by atoms with van der Waals surface area (Å²) in [5, 5.41) is 4.44. The molecule has 110 valence electrons. The molecule has 0 saturated heterocycles. The maximum atomic E-state index is 12.7. The van der Waals surface area contributed by atoms with Gasteiger partial charge in [-0.3, -0.25) is 4.79 Å². The van der Waals surface area contributed by atoms with E-state index in [4.69, 9.17) is 11.6 Å². The van der Waals surface area contributed by atoms with E-state index in [9.17, 15) is 4.79 Å². The summed E-state index contributed by atoms with van der Waals surface area (Å²) < 4.78 is 0. The lowest BCUT2D eigenvalue weighted by molar-refractivity contribution is 0.0928. The molecule has 1 saturated carbocycles. The van der Waals surface area contributed by atoms with Crippen LogP contribution in [0.25, 0.3) is 10.9 Å². The van der Waals surface area contributed by atoms with Gasteiger partial charge in [0.2, 0.25) is 0 Å². The number of halogens is 1. The van der Waals surface area contributed by atoms with Crippen LogP contribution >= 0.6 is 11.6 Å². The number of carbonyl (C=O) groups is 1. The molecule has 4 heteroatoms. The Labute approximate surface area is 129 Å². The minimum absolute atomic E-state index is 0.0279. The molecule has 1 aliphatic carbocycles. The summed E-state index contributed by atoms with van der Waals surface area (Å²) in [5.74, 6) is -0.0279. The molecule has 3 rings (SSSR count). The molecule has 1 heterocycles. The smallest absolute Gasteiger partial charge is 0.252 e. The van der Waals surface area contributed by atoms with Crippen LogP contribution in [0.2, 0.25) is 5.15 Å². The van der Waals surface area contributed by atoms with Crippen LogP contribution in [-0.4, -0.2) is 16.9 Å². The van der Waals surface area contributed by atoms with Gasteiger partial charge in [-0.05, 0) is 31.4 Å². The SMILES string of the molecule is Cc1c(Cl)nc2ccccc2c1C(=O)NC1CCCCC1. The predicted octanol–water partition coefficient (Wildman–Crippen LogP) is 4.26. The van der Waals surface area contributed by atoms with E-state index in [0.717, 1.165) is 29.3 Å². The van der Waals surface area contributed by atoms with Crippen molar-refractivity contribution in [2.24, 2.45) is 0 Å². The molecule has 0 bridgehead atoms. The van der Waals surface area contributed by atoms with Crippen LogP contribution in [0.5, 0.6) is 0 Å². The Kier molecular flexibility index (Phi) is 4.11. The Morgan fingerprint density at radius 3 is 2.71 bits per heavy atom. The quantitative estimate of drug-likeness (QED) is 0.842. The molecule has 2 aromatic rings. The van der Waals surface area contributed by atoms with Crippen molar-refractivity contribution in [2.45, 2.75) is 45.1 Å². The van der Waals surface area contributed by atoms with Crippen LogP contribution in [0.1, 0.15) is 48.0 Å². The van der Waals surface area contributed by atoms with Gasteiger partial charge in [-0.1, -0.05) is 49.1 Å². The number of hydrogen-bond acceptors (Lipinski definition) is 2. The Morgan fingerprint density at radius 1 is 1.24 bits per heavy atom. The number of pyridine rings is 1. The molecule has 1 N–H and O–H groups in total. The molecule has 1 fully saturated rings. The second-order valence-electron chi connectivity index (χ2n) is 5.73. The molecule has 1 aromatic heterocycles. The molecular formula is C17H19ClN2O. The summed E-state index contributed by atoms with van der Waals surface area (Å²) in [5.41, 5.74) is 2.18. The van der Waals surface area contributed by atoms with Crippen molar-refractivity contribution < 1.29 is 4.79 Å². The monoisotopic (exact) mass is 302 g/mol. The first kappa shape index (κ1) is 14.3. The van der Waals surface area contributed by atoms with Gasteiger partial charge in [-0.25, -0.2) is 4.98 Å². The zero-order valence-corrected chi connectivity index (χ0v) is 12.9. The number of carbonyl (C=O) groups excluding carboxylic acids is 1. The van der Waals surface area contributed by atoms with Gasteiger partial charge in [0.15, 0.2) is 0 Å². The highest BCUT2D eigenvalue weighted by molar-refractivity contribution is 6.31. The highest BCUT2D eigenvalue weighted by atomic mass is 35.5. The number of amides is 1. The Bertz CT molecular complexity index is 678. The molecule has 0 unspecified atom stereocenters. The number of hydrogen-bond donors (Lipinski definition) is 1. The molecule has 0 spiro atoms. The maximum Gasteiger partial charge on any atom is 0.252 e. The van der Waals surface area contributed by atoms with Gasteiger partial charge in [-0.15, -0.1) is 0 Å². The van der Waals surface area contributed by atoms with Crippen LogP contribution in [0.15, 0.2) is 24.3 Å². The first-order valence-electron chi connectivity index (χ1n) is 7.52. The number of nitrogens with one attached hydrogen (secondary N) is 1. The van der Waals surface area contributed by atoms with Crippen molar-refractivity contribution >= 4 is 28.4 Å². The maximum absolute atomic E-state index is 12.7. The van der Waals surface area contributed by atoms with E-state index < -0.39 is 0 Å². The van der Waals surface area contributed by atoms with Crippen molar-refractivity contribution in [1.29, 1.82) is 0 Å². The number of para-hydroxylation sites is 1. The van der Waals surface area contributed by atoms with Crippen LogP contribution in [0, 0.1) is 6.92 Å². The summed E-state index contributed by atoms with van der Waals surface area (Å²) in [6, 6.07) is 7.94. The highest BCUT2D eigenvalue weighted by Gasteiger charge is 2.21. The summed E-state index contributed by atoms with van der Waals surface area (Å²) in [4.78, 5) is 17.1. The van der Waals surface area contributed by atoms with Crippen LogP contribution < -0.4 is 5.32 Å². The lowest BCUT2D eigenvalue weighted by atomic mass is 9.95. The van der Waals surface area contributed by atoms with Crippen molar-refractivity contribution in [3.05, 3.63) is 40.5 Å². The van der Waals surface area contributed by atoms with E-state index in [1.54, 1.807) is 0 Å². The molecule has 1 amide bonds. The molecule has 0 radical (unpaired) electrons. The van der Waals surface area contributed by atoms with Gasteiger partial charge in [-0.2, -0.15) is 0 Å². The third-order valence-electron chi connectivity index (χ3n) is 4.24. The van der Waals surface area contributed by atoms with Gasteiger partial charge in [0.05, 0.1) is 11.1 Å². The number of fused-ring (bicyclic) bond motifs is 1. The van der Waals surface area contributed by atoms with Crippen molar-refractivity contribution in [2.75, 3.05) is 0 Å². The minimum Gasteiger partial charge on any atom is -0.349 e. The van der Waals surface area contributed by atoms with E-state index >= 15 is 0 Å². The van der Waals surface area contributed by atoms with Crippen LogP contribution in [0.3, 0.4) is 0 Å². The van der Waals surface area contributed by atoms with Gasteiger partial charge >= 0.3 is 0 Å². The topological polar surface area (TPSA) is 42.0 Å². The van der Waals surface area contributed by atoms with Crippen molar-refractivity contribution in [1.82, 2.24) is 10.3 Å². The summed E-state index contributed by atoms with van der Waals surface area (Å²) in [7, 11) is 0. The third kappa shape index (κ3) is 2.88. The molecule has 0 atom stereocenters. The summed E-state index contributed by atoms with van der Waals surface area (Å²) in [6.07, 6.45) is 5.81. The third-order valence-corrected chi connectivity index (χ3v) is 4.61. The first-order valence-corrected chi connectivity index (χ1v) is 7.90. The average Bonchev–Trinajstić information content (AvgIpc) is 2.49. The second-order valence-corrected chi connectivity index (χ2v) is 6.09. The minimum atomic E-state index is -0.0279. The van der Waals surface area contributed by atoms with E-state index in [1.165, 1.54) is 19.3 Å². The standard InChI is InChI=1S/C17H19ClN2O/c1-11-15(17(21)19-12-7-3-2-4-8-12)13-9-5-6-10-14(13)20-16(11)18/h5-6,9-10,12H,2-4,7-8H2,1H3,(H,19,21). The molecular weight excluding hydrogens is 284 g/mol.